The second-order valence-corrected chi connectivity index (χ2v) is 8.49. The van der Waals surface area contributed by atoms with Crippen LogP contribution in [0.4, 0.5) is 4.79 Å². The molecule has 2 amide bonds. The maximum absolute atomic E-state index is 12.4. The molecule has 3 N–H and O–H groups in total. The minimum Gasteiger partial charge on any atom is -0.449 e. The maximum Gasteiger partial charge on any atom is 0.407 e. The van der Waals surface area contributed by atoms with Crippen LogP contribution in [0.1, 0.15) is 22.6 Å². The van der Waals surface area contributed by atoms with Crippen molar-refractivity contribution < 1.29 is 19.4 Å². The number of aliphatic hydroxyl groups excluding tert-OH is 1. The highest BCUT2D eigenvalue weighted by Crippen LogP contribution is 2.44. The molecular formula is C25H22Cl2N2O4. The number of ether oxygens (including phenoxy) is 1. The molecule has 3 aromatic carbocycles. The first-order chi connectivity index (χ1) is 16.0. The van der Waals surface area contributed by atoms with Crippen molar-refractivity contribution in [3.05, 3.63) is 93.5 Å². The fraction of sp³-hybridized carbons (Fsp3) is 0.200. The highest BCUT2D eigenvalue weighted by atomic mass is 35.5. The van der Waals surface area contributed by atoms with E-state index in [1.54, 1.807) is 18.2 Å². The number of nitrogens with one attached hydrogen (secondary N) is 2. The number of carbonyl (C=O) groups is 2. The Hall–Kier alpha value is -3.06. The molecule has 0 heterocycles. The van der Waals surface area contributed by atoms with Crippen molar-refractivity contribution >= 4 is 35.2 Å². The molecule has 3 aromatic rings. The normalized spacial score (nSPS) is 13.1. The van der Waals surface area contributed by atoms with Gasteiger partial charge >= 0.3 is 6.09 Å². The number of alkyl carbamates (subject to hydrolysis) is 1. The number of hydrogen-bond acceptors (Lipinski definition) is 4. The Balaban J connectivity index is 1.34. The zero-order valence-electron chi connectivity index (χ0n) is 17.6. The summed E-state index contributed by atoms with van der Waals surface area (Å²) in [6.45, 7) is -0.293. The number of aliphatic hydroxyl groups is 1. The molecule has 0 radical (unpaired) electrons. The minimum absolute atomic E-state index is 0.0980. The van der Waals surface area contributed by atoms with Crippen LogP contribution in [-0.2, 0) is 16.1 Å². The van der Waals surface area contributed by atoms with E-state index in [0.29, 0.717) is 10.0 Å². The molecule has 1 aliphatic carbocycles. The Bertz CT molecular complexity index is 1140. The lowest BCUT2D eigenvalue weighted by Gasteiger charge is -2.18. The highest BCUT2D eigenvalue weighted by molar-refractivity contribution is 6.42. The summed E-state index contributed by atoms with van der Waals surface area (Å²) < 4.78 is 5.44. The summed E-state index contributed by atoms with van der Waals surface area (Å²) in [6.07, 6.45) is -0.777. The number of carbonyl (C=O) groups excluding carboxylic acids is 2. The van der Waals surface area contributed by atoms with E-state index in [1.807, 2.05) is 48.5 Å². The van der Waals surface area contributed by atoms with Gasteiger partial charge in [-0.05, 0) is 39.9 Å². The lowest BCUT2D eigenvalue weighted by molar-refractivity contribution is -0.124. The number of rotatable bonds is 7. The van der Waals surface area contributed by atoms with Crippen molar-refractivity contribution in [3.8, 4) is 11.1 Å². The summed E-state index contributed by atoms with van der Waals surface area (Å²) in [6, 6.07) is 19.9. The van der Waals surface area contributed by atoms with Crippen LogP contribution in [0.5, 0.6) is 0 Å². The van der Waals surface area contributed by atoms with Crippen molar-refractivity contribution in [2.75, 3.05) is 13.2 Å². The van der Waals surface area contributed by atoms with Gasteiger partial charge in [-0.2, -0.15) is 0 Å². The van der Waals surface area contributed by atoms with Gasteiger partial charge in [-0.3, -0.25) is 4.79 Å². The molecule has 33 heavy (non-hydrogen) atoms. The first-order valence-electron chi connectivity index (χ1n) is 10.4. The van der Waals surface area contributed by atoms with Gasteiger partial charge < -0.3 is 20.5 Å². The van der Waals surface area contributed by atoms with Crippen LogP contribution in [-0.4, -0.2) is 36.4 Å². The van der Waals surface area contributed by atoms with Gasteiger partial charge in [-0.15, -0.1) is 0 Å². The minimum atomic E-state index is -1.15. The number of amides is 2. The van der Waals surface area contributed by atoms with E-state index in [0.717, 1.165) is 27.8 Å². The van der Waals surface area contributed by atoms with Crippen LogP contribution in [0, 0.1) is 0 Å². The summed E-state index contributed by atoms with van der Waals surface area (Å²) in [5, 5.41) is 15.5. The third-order valence-electron chi connectivity index (χ3n) is 5.59. The molecule has 6 nitrogen and oxygen atoms in total. The predicted molar refractivity (Wildman–Crippen MR) is 127 cm³/mol. The molecule has 0 saturated carbocycles. The van der Waals surface area contributed by atoms with Crippen molar-refractivity contribution in [1.82, 2.24) is 10.6 Å². The van der Waals surface area contributed by atoms with Gasteiger partial charge in [0.1, 0.15) is 12.6 Å². The van der Waals surface area contributed by atoms with Gasteiger partial charge in [0.15, 0.2) is 0 Å². The van der Waals surface area contributed by atoms with Crippen LogP contribution < -0.4 is 10.6 Å². The number of hydrogen-bond donors (Lipinski definition) is 3. The maximum atomic E-state index is 12.4. The Kier molecular flexibility index (Phi) is 7.18. The van der Waals surface area contributed by atoms with Crippen molar-refractivity contribution in [3.63, 3.8) is 0 Å². The number of benzene rings is 3. The third kappa shape index (κ3) is 5.14. The van der Waals surface area contributed by atoms with Crippen LogP contribution in [0.15, 0.2) is 66.7 Å². The predicted octanol–water partition coefficient (Wildman–Crippen LogP) is 4.51. The van der Waals surface area contributed by atoms with Crippen molar-refractivity contribution in [1.29, 1.82) is 0 Å². The lowest BCUT2D eigenvalue weighted by atomic mass is 9.98. The smallest absolute Gasteiger partial charge is 0.407 e. The van der Waals surface area contributed by atoms with Gasteiger partial charge in [0.2, 0.25) is 5.91 Å². The molecule has 0 fully saturated rings. The standard InChI is InChI=1S/C25H22Cl2N2O4/c26-21-10-9-15(11-22(21)27)12-28-24(31)23(13-30)29-25(32)33-14-20-18-7-3-1-5-16(18)17-6-2-4-8-19(17)20/h1-11,20,23,30H,12-14H2,(H,28,31)(H,29,32)/t23-/m1/s1. The topological polar surface area (TPSA) is 87.7 Å². The first kappa shape index (κ1) is 23.1. The molecule has 0 saturated heterocycles. The molecule has 0 unspecified atom stereocenters. The zero-order chi connectivity index (χ0) is 23.4. The first-order valence-corrected chi connectivity index (χ1v) is 11.2. The molecule has 1 atom stereocenters. The summed E-state index contributed by atoms with van der Waals surface area (Å²) in [5.74, 6) is -0.642. The molecule has 170 valence electrons. The molecule has 0 bridgehead atoms. The molecule has 8 heteroatoms. The van der Waals surface area contributed by atoms with Crippen molar-refractivity contribution in [2.24, 2.45) is 0 Å². The van der Waals surface area contributed by atoms with E-state index in [1.165, 1.54) is 0 Å². The van der Waals surface area contributed by atoms with Crippen LogP contribution in [0.2, 0.25) is 10.0 Å². The van der Waals surface area contributed by atoms with Crippen LogP contribution in [0.25, 0.3) is 11.1 Å². The largest absolute Gasteiger partial charge is 0.449 e. The average Bonchev–Trinajstić information content (AvgIpc) is 3.15. The van der Waals surface area contributed by atoms with E-state index in [9.17, 15) is 14.7 Å². The van der Waals surface area contributed by atoms with Gasteiger partial charge in [0.05, 0.1) is 16.7 Å². The van der Waals surface area contributed by atoms with E-state index in [4.69, 9.17) is 27.9 Å². The number of halogens is 2. The highest BCUT2D eigenvalue weighted by Gasteiger charge is 2.29. The summed E-state index contributed by atoms with van der Waals surface area (Å²) in [7, 11) is 0. The van der Waals surface area contributed by atoms with Gasteiger partial charge in [0, 0.05) is 12.5 Å². The fourth-order valence-electron chi connectivity index (χ4n) is 3.94. The molecule has 0 spiro atoms. The molecule has 1 aliphatic rings. The number of fused-ring (bicyclic) bond motifs is 3. The monoisotopic (exact) mass is 484 g/mol. The van der Waals surface area contributed by atoms with Crippen molar-refractivity contribution in [2.45, 2.75) is 18.5 Å². The quantitative estimate of drug-likeness (QED) is 0.460. The van der Waals surface area contributed by atoms with E-state index in [2.05, 4.69) is 10.6 Å². The Morgan fingerprint density at radius 3 is 2.18 bits per heavy atom. The lowest BCUT2D eigenvalue weighted by Crippen LogP contribution is -2.49. The summed E-state index contributed by atoms with van der Waals surface area (Å²) in [4.78, 5) is 24.8. The third-order valence-corrected chi connectivity index (χ3v) is 6.32. The molecule has 0 aromatic heterocycles. The summed E-state index contributed by atoms with van der Waals surface area (Å²) >= 11 is 11.9. The van der Waals surface area contributed by atoms with E-state index < -0.39 is 24.6 Å². The summed E-state index contributed by atoms with van der Waals surface area (Å²) in [5.41, 5.74) is 5.15. The molecule has 0 aliphatic heterocycles. The Morgan fingerprint density at radius 1 is 0.939 bits per heavy atom. The zero-order valence-corrected chi connectivity index (χ0v) is 19.1. The second-order valence-electron chi connectivity index (χ2n) is 7.67. The molecule has 4 rings (SSSR count). The average molecular weight is 485 g/mol. The van der Waals surface area contributed by atoms with Gasteiger partial charge in [-0.1, -0.05) is 77.8 Å². The van der Waals surface area contributed by atoms with Crippen LogP contribution >= 0.6 is 23.2 Å². The Labute approximate surface area is 201 Å². The fourth-order valence-corrected chi connectivity index (χ4v) is 4.26. The Morgan fingerprint density at radius 2 is 1.58 bits per heavy atom. The van der Waals surface area contributed by atoms with E-state index in [-0.39, 0.29) is 19.1 Å². The van der Waals surface area contributed by atoms with Gasteiger partial charge in [0.25, 0.3) is 0 Å². The second kappa shape index (κ2) is 10.3. The van der Waals surface area contributed by atoms with E-state index >= 15 is 0 Å². The van der Waals surface area contributed by atoms with Crippen LogP contribution in [0.3, 0.4) is 0 Å². The van der Waals surface area contributed by atoms with Gasteiger partial charge in [-0.25, -0.2) is 4.79 Å². The molecular weight excluding hydrogens is 463 g/mol. The SMILES string of the molecule is O=C(N[C@H](CO)C(=O)NCc1ccc(Cl)c(Cl)c1)OCC1c2ccccc2-c2ccccc21.